The van der Waals surface area contributed by atoms with E-state index in [9.17, 15) is 4.79 Å². The van der Waals surface area contributed by atoms with Crippen molar-refractivity contribution in [3.8, 4) is 11.8 Å². The summed E-state index contributed by atoms with van der Waals surface area (Å²) in [6, 6.07) is 12.4. The molecule has 0 saturated carbocycles. The maximum absolute atomic E-state index is 11.7. The normalized spacial score (nSPS) is 11.2. The van der Waals surface area contributed by atoms with Crippen LogP contribution < -0.4 is 5.32 Å². The zero-order valence-corrected chi connectivity index (χ0v) is 14.0. The second kappa shape index (κ2) is 6.97. The molecular weight excluding hydrogens is 286 g/mol. The summed E-state index contributed by atoms with van der Waals surface area (Å²) in [6.07, 6.45) is 2.65. The van der Waals surface area contributed by atoms with Gasteiger partial charge in [-0.2, -0.15) is 5.26 Å². The number of rotatable bonds is 4. The lowest BCUT2D eigenvalue weighted by Crippen LogP contribution is -2.19. The average molecular weight is 307 g/mol. The van der Waals surface area contributed by atoms with Gasteiger partial charge in [0, 0.05) is 24.1 Å². The first-order valence-electron chi connectivity index (χ1n) is 7.64. The maximum atomic E-state index is 11.7. The Bertz CT molecular complexity index is 789. The molecule has 0 aliphatic heterocycles. The van der Waals surface area contributed by atoms with Gasteiger partial charge in [-0.15, -0.1) is 0 Å². The highest BCUT2D eigenvalue weighted by Gasteiger charge is 2.12. The Kier molecular flexibility index (Phi) is 5.02. The second-order valence-electron chi connectivity index (χ2n) is 5.43. The van der Waals surface area contributed by atoms with Crippen molar-refractivity contribution >= 4 is 12.0 Å². The Labute approximate surface area is 137 Å². The molecule has 0 aliphatic carbocycles. The molecule has 0 radical (unpaired) electrons. The number of hydrogen-bond acceptors (Lipinski definition) is 2. The average Bonchev–Trinajstić information content (AvgIpc) is 2.85. The Hall–Kier alpha value is -2.80. The van der Waals surface area contributed by atoms with Crippen molar-refractivity contribution in [1.82, 2.24) is 9.88 Å². The minimum atomic E-state index is -0.371. The Balaban J connectivity index is 2.49. The number of benzene rings is 1. The van der Waals surface area contributed by atoms with E-state index in [1.54, 1.807) is 6.08 Å². The Morgan fingerprint density at radius 3 is 2.48 bits per heavy atom. The summed E-state index contributed by atoms with van der Waals surface area (Å²) >= 11 is 0. The number of likely N-dealkylation sites (N-methyl/N-ethyl adjacent to an activating group) is 1. The number of carbonyl (C=O) groups excluding carboxylic acids is 1. The predicted molar refractivity (Wildman–Crippen MR) is 92.3 cm³/mol. The van der Waals surface area contributed by atoms with E-state index in [4.69, 9.17) is 5.26 Å². The molecule has 1 amide bonds. The molecule has 1 N–H and O–H groups in total. The largest absolute Gasteiger partial charge is 0.354 e. The van der Waals surface area contributed by atoms with E-state index >= 15 is 0 Å². The first kappa shape index (κ1) is 16.6. The molecule has 0 spiro atoms. The van der Waals surface area contributed by atoms with Crippen LogP contribution in [0.1, 0.15) is 29.4 Å². The molecule has 0 unspecified atom stereocenters. The highest BCUT2D eigenvalue weighted by molar-refractivity contribution is 6.01. The molecule has 2 aromatic rings. The minimum Gasteiger partial charge on any atom is -0.354 e. The van der Waals surface area contributed by atoms with Crippen LogP contribution in [0.3, 0.4) is 0 Å². The number of nitrogens with zero attached hydrogens (tertiary/aromatic N) is 2. The molecule has 0 fully saturated rings. The van der Waals surface area contributed by atoms with E-state index in [1.165, 1.54) is 12.6 Å². The summed E-state index contributed by atoms with van der Waals surface area (Å²) in [5, 5.41) is 11.6. The van der Waals surface area contributed by atoms with Gasteiger partial charge < -0.3 is 9.88 Å². The monoisotopic (exact) mass is 307 g/mol. The quantitative estimate of drug-likeness (QED) is 0.696. The molecule has 1 aromatic carbocycles. The topological polar surface area (TPSA) is 57.8 Å². The predicted octanol–water partition coefficient (Wildman–Crippen LogP) is 3.31. The summed E-state index contributed by atoms with van der Waals surface area (Å²) in [5.74, 6) is -0.371. The fourth-order valence-electron chi connectivity index (χ4n) is 2.65. The van der Waals surface area contributed by atoms with Crippen LogP contribution >= 0.6 is 0 Å². The van der Waals surface area contributed by atoms with Crippen LogP contribution in [0.25, 0.3) is 11.8 Å². The molecule has 23 heavy (non-hydrogen) atoms. The Morgan fingerprint density at radius 2 is 1.96 bits per heavy atom. The number of carbonyl (C=O) groups is 1. The summed E-state index contributed by atoms with van der Waals surface area (Å²) in [5.41, 5.74) is 5.42. The second-order valence-corrected chi connectivity index (χ2v) is 5.43. The van der Waals surface area contributed by atoms with Gasteiger partial charge in [0.05, 0.1) is 0 Å². The highest BCUT2D eigenvalue weighted by Crippen LogP contribution is 2.23. The molecule has 4 heteroatoms. The molecule has 0 bridgehead atoms. The van der Waals surface area contributed by atoms with Gasteiger partial charge in [0.15, 0.2) is 0 Å². The lowest BCUT2D eigenvalue weighted by atomic mass is 10.1. The maximum Gasteiger partial charge on any atom is 0.261 e. The molecule has 118 valence electrons. The smallest absolute Gasteiger partial charge is 0.261 e. The van der Waals surface area contributed by atoms with Crippen LogP contribution in [0.5, 0.6) is 0 Å². The third kappa shape index (κ3) is 3.35. The van der Waals surface area contributed by atoms with Gasteiger partial charge in [-0.05, 0) is 55.7 Å². The number of nitrogens with one attached hydrogen (secondary N) is 1. The first-order valence-corrected chi connectivity index (χ1v) is 7.64. The van der Waals surface area contributed by atoms with E-state index in [0.717, 1.165) is 29.1 Å². The van der Waals surface area contributed by atoms with Crippen LogP contribution in [0.2, 0.25) is 0 Å². The number of amides is 1. The van der Waals surface area contributed by atoms with Gasteiger partial charge in [0.2, 0.25) is 0 Å². The van der Waals surface area contributed by atoms with Crippen molar-refractivity contribution in [3.05, 3.63) is 58.4 Å². The zero-order chi connectivity index (χ0) is 17.0. The van der Waals surface area contributed by atoms with Crippen molar-refractivity contribution in [2.75, 3.05) is 7.05 Å². The number of hydrogen-bond donors (Lipinski definition) is 1. The fraction of sp³-hybridized carbons (Fsp3) is 0.263. The fourth-order valence-corrected chi connectivity index (χ4v) is 2.65. The van der Waals surface area contributed by atoms with Gasteiger partial charge in [-0.3, -0.25) is 4.79 Å². The van der Waals surface area contributed by atoms with Gasteiger partial charge >= 0.3 is 0 Å². The van der Waals surface area contributed by atoms with E-state index in [-0.39, 0.29) is 11.5 Å². The summed E-state index contributed by atoms with van der Waals surface area (Å²) in [7, 11) is 1.52. The van der Waals surface area contributed by atoms with Gasteiger partial charge in [0.25, 0.3) is 5.91 Å². The molecular formula is C19H21N3O. The molecule has 1 aromatic heterocycles. The Morgan fingerprint density at radius 1 is 1.30 bits per heavy atom. The molecule has 1 heterocycles. The van der Waals surface area contributed by atoms with Gasteiger partial charge in [0.1, 0.15) is 11.6 Å². The number of nitriles is 1. The van der Waals surface area contributed by atoms with Crippen LogP contribution in [0, 0.1) is 25.2 Å². The third-order valence-corrected chi connectivity index (χ3v) is 3.97. The van der Waals surface area contributed by atoms with E-state index in [2.05, 4.69) is 41.1 Å². The van der Waals surface area contributed by atoms with Crippen LogP contribution in [-0.2, 0) is 11.2 Å². The third-order valence-electron chi connectivity index (χ3n) is 3.97. The molecule has 0 aliphatic rings. The summed E-state index contributed by atoms with van der Waals surface area (Å²) < 4.78 is 2.13. The molecule has 0 atom stereocenters. The van der Waals surface area contributed by atoms with Crippen LogP contribution in [0.4, 0.5) is 0 Å². The number of aromatic nitrogens is 1. The standard InChI is InChI=1S/C19H21N3O/c1-5-15-6-8-18(9-7-15)22-13(2)10-16(14(22)3)11-17(12-20)19(23)21-4/h6-11H,5H2,1-4H3,(H,21,23)/b17-11+. The van der Waals surface area contributed by atoms with Crippen molar-refractivity contribution < 1.29 is 4.79 Å². The van der Waals surface area contributed by atoms with E-state index in [0.29, 0.717) is 0 Å². The zero-order valence-electron chi connectivity index (χ0n) is 14.0. The van der Waals surface area contributed by atoms with E-state index in [1.807, 2.05) is 26.0 Å². The van der Waals surface area contributed by atoms with Crippen molar-refractivity contribution in [1.29, 1.82) is 5.26 Å². The molecule has 0 saturated heterocycles. The van der Waals surface area contributed by atoms with Gasteiger partial charge in [-0.1, -0.05) is 19.1 Å². The highest BCUT2D eigenvalue weighted by atomic mass is 16.1. The van der Waals surface area contributed by atoms with Crippen LogP contribution in [0.15, 0.2) is 35.9 Å². The SMILES string of the molecule is CCc1ccc(-n2c(C)cc(/C=C(\C#N)C(=O)NC)c2C)cc1. The van der Waals surface area contributed by atoms with Gasteiger partial charge in [-0.25, -0.2) is 0 Å². The first-order chi connectivity index (χ1) is 11.0. The van der Waals surface area contributed by atoms with Crippen LogP contribution in [-0.4, -0.2) is 17.5 Å². The van der Waals surface area contributed by atoms with Crippen molar-refractivity contribution in [3.63, 3.8) is 0 Å². The number of aryl methyl sites for hydroxylation is 2. The molecule has 2 rings (SSSR count). The minimum absolute atomic E-state index is 0.106. The lowest BCUT2D eigenvalue weighted by molar-refractivity contribution is -0.116. The molecule has 4 nitrogen and oxygen atoms in total. The summed E-state index contributed by atoms with van der Waals surface area (Å²) in [4.78, 5) is 11.7. The van der Waals surface area contributed by atoms with E-state index < -0.39 is 0 Å². The lowest BCUT2D eigenvalue weighted by Gasteiger charge is -2.10. The summed E-state index contributed by atoms with van der Waals surface area (Å²) in [6.45, 7) is 6.14. The van der Waals surface area contributed by atoms with Crippen molar-refractivity contribution in [2.45, 2.75) is 27.2 Å². The van der Waals surface area contributed by atoms with Crippen molar-refractivity contribution in [2.24, 2.45) is 0 Å².